The molecule has 102 valence electrons. The van der Waals surface area contributed by atoms with Crippen LogP contribution in [0.3, 0.4) is 0 Å². The normalized spacial score (nSPS) is 18.8. The summed E-state index contributed by atoms with van der Waals surface area (Å²) in [5, 5.41) is 3.16. The van der Waals surface area contributed by atoms with Crippen LogP contribution < -0.4 is 5.32 Å². The molecule has 1 fully saturated rings. The fourth-order valence-corrected chi connectivity index (χ4v) is 3.78. The number of thiophene rings is 1. The van der Waals surface area contributed by atoms with Crippen molar-refractivity contribution >= 4 is 45.6 Å². The Morgan fingerprint density at radius 3 is 3.00 bits per heavy atom. The maximum atomic E-state index is 12.2. The van der Waals surface area contributed by atoms with E-state index in [1.54, 1.807) is 11.3 Å². The highest BCUT2D eigenvalue weighted by molar-refractivity contribution is 9.11. The second kappa shape index (κ2) is 7.48. The number of hydrogen-bond donors (Lipinski definition) is 1. The largest absolute Gasteiger partial charge is 0.338 e. The van der Waals surface area contributed by atoms with Gasteiger partial charge in [-0.3, -0.25) is 4.79 Å². The van der Waals surface area contributed by atoms with Crippen LogP contribution in [0, 0.1) is 0 Å². The second-order valence-electron chi connectivity index (χ2n) is 4.32. The van der Waals surface area contributed by atoms with Gasteiger partial charge in [0.05, 0.1) is 10.2 Å². The molecule has 1 atom stereocenters. The van der Waals surface area contributed by atoms with E-state index in [0.29, 0.717) is 12.5 Å². The zero-order valence-corrected chi connectivity index (χ0v) is 13.5. The first-order valence-electron chi connectivity index (χ1n) is 5.89. The molecule has 1 amide bonds. The van der Waals surface area contributed by atoms with Crippen molar-refractivity contribution in [1.82, 2.24) is 10.2 Å². The van der Waals surface area contributed by atoms with Crippen LogP contribution in [0.25, 0.3) is 0 Å². The smallest absolute Gasteiger partial charge is 0.228 e. The molecule has 1 aliphatic rings. The van der Waals surface area contributed by atoms with Crippen molar-refractivity contribution in [3.05, 3.63) is 20.8 Å². The predicted molar refractivity (Wildman–Crippen MR) is 81.6 cm³/mol. The molecule has 2 rings (SSSR count). The summed E-state index contributed by atoms with van der Waals surface area (Å²) >= 11 is 5.07. The maximum absolute atomic E-state index is 12.2. The van der Waals surface area contributed by atoms with E-state index in [2.05, 4.69) is 21.2 Å². The minimum absolute atomic E-state index is 0. The zero-order chi connectivity index (χ0) is 12.3. The van der Waals surface area contributed by atoms with E-state index in [1.807, 2.05) is 24.1 Å². The summed E-state index contributed by atoms with van der Waals surface area (Å²) in [5.74, 6) is 0.261. The minimum Gasteiger partial charge on any atom is -0.338 e. The van der Waals surface area contributed by atoms with Crippen LogP contribution in [-0.2, 0) is 11.2 Å². The summed E-state index contributed by atoms with van der Waals surface area (Å²) in [6, 6.07) is 4.41. The highest BCUT2D eigenvalue weighted by atomic mass is 79.9. The molecule has 1 aliphatic heterocycles. The molecular formula is C12H18BrClN2OS. The average Bonchev–Trinajstić information content (AvgIpc) is 2.88. The Bertz CT molecular complexity index is 399. The fourth-order valence-electron chi connectivity index (χ4n) is 2.31. The lowest BCUT2D eigenvalue weighted by atomic mass is 10.2. The van der Waals surface area contributed by atoms with E-state index >= 15 is 0 Å². The van der Waals surface area contributed by atoms with Crippen molar-refractivity contribution in [2.45, 2.75) is 25.3 Å². The molecule has 18 heavy (non-hydrogen) atoms. The second-order valence-corrected chi connectivity index (χ2v) is 6.87. The number of nitrogens with one attached hydrogen (secondary N) is 1. The van der Waals surface area contributed by atoms with Gasteiger partial charge in [-0.05, 0) is 48.0 Å². The van der Waals surface area contributed by atoms with E-state index in [-0.39, 0.29) is 18.3 Å². The number of nitrogens with zero attached hydrogens (tertiary/aromatic N) is 1. The van der Waals surface area contributed by atoms with Crippen LogP contribution in [-0.4, -0.2) is 37.0 Å². The predicted octanol–water partition coefficient (Wildman–Crippen LogP) is 2.69. The first kappa shape index (κ1) is 16.0. The summed E-state index contributed by atoms with van der Waals surface area (Å²) < 4.78 is 1.09. The number of hydrogen-bond acceptors (Lipinski definition) is 3. The topological polar surface area (TPSA) is 32.3 Å². The Labute approximate surface area is 126 Å². The van der Waals surface area contributed by atoms with Crippen molar-refractivity contribution in [1.29, 1.82) is 0 Å². The van der Waals surface area contributed by atoms with E-state index in [9.17, 15) is 4.79 Å². The summed E-state index contributed by atoms with van der Waals surface area (Å²) in [6.07, 6.45) is 2.80. The Morgan fingerprint density at radius 1 is 1.61 bits per heavy atom. The first-order valence-corrected chi connectivity index (χ1v) is 7.50. The van der Waals surface area contributed by atoms with Gasteiger partial charge in [0.1, 0.15) is 0 Å². The number of amides is 1. The molecule has 2 heterocycles. The van der Waals surface area contributed by atoms with Crippen LogP contribution in [0.4, 0.5) is 0 Å². The van der Waals surface area contributed by atoms with Gasteiger partial charge in [-0.2, -0.15) is 0 Å². The molecule has 0 bridgehead atoms. The monoisotopic (exact) mass is 352 g/mol. The Balaban J connectivity index is 0.00000162. The number of carbonyl (C=O) groups excluding carboxylic acids is 1. The minimum atomic E-state index is 0. The van der Waals surface area contributed by atoms with E-state index < -0.39 is 0 Å². The number of carbonyl (C=O) groups is 1. The molecule has 0 aliphatic carbocycles. The van der Waals surface area contributed by atoms with Crippen LogP contribution in [0.15, 0.2) is 15.9 Å². The Kier molecular flexibility index (Phi) is 6.63. The highest BCUT2D eigenvalue weighted by Crippen LogP contribution is 2.24. The van der Waals surface area contributed by atoms with E-state index in [0.717, 1.165) is 34.6 Å². The van der Waals surface area contributed by atoms with Gasteiger partial charge in [0.2, 0.25) is 5.91 Å². The molecule has 1 aromatic heterocycles. The average molecular weight is 354 g/mol. The van der Waals surface area contributed by atoms with Gasteiger partial charge in [0.25, 0.3) is 0 Å². The molecule has 0 aromatic carbocycles. The van der Waals surface area contributed by atoms with Crippen LogP contribution in [0.1, 0.15) is 17.7 Å². The highest BCUT2D eigenvalue weighted by Gasteiger charge is 2.27. The van der Waals surface area contributed by atoms with Gasteiger partial charge in [0, 0.05) is 24.0 Å². The van der Waals surface area contributed by atoms with Crippen molar-refractivity contribution in [2.75, 3.05) is 20.1 Å². The Hall–Kier alpha value is -0.100. The van der Waals surface area contributed by atoms with Gasteiger partial charge in [0.15, 0.2) is 0 Å². The summed E-state index contributed by atoms with van der Waals surface area (Å²) in [7, 11) is 1.94. The molecule has 0 spiro atoms. The zero-order valence-electron chi connectivity index (χ0n) is 10.3. The van der Waals surface area contributed by atoms with Crippen LogP contribution >= 0.6 is 39.7 Å². The third-order valence-corrected chi connectivity index (χ3v) is 4.72. The summed E-state index contributed by atoms with van der Waals surface area (Å²) in [4.78, 5) is 15.4. The molecule has 1 saturated heterocycles. The van der Waals surface area contributed by atoms with E-state index in [1.165, 1.54) is 0 Å². The molecule has 6 heteroatoms. The van der Waals surface area contributed by atoms with Crippen molar-refractivity contribution in [2.24, 2.45) is 0 Å². The molecule has 3 nitrogen and oxygen atoms in total. The lowest BCUT2D eigenvalue weighted by Crippen LogP contribution is -2.41. The van der Waals surface area contributed by atoms with Crippen LogP contribution in [0.5, 0.6) is 0 Å². The van der Waals surface area contributed by atoms with Gasteiger partial charge in [-0.1, -0.05) is 0 Å². The number of halogens is 2. The third kappa shape index (κ3) is 3.95. The van der Waals surface area contributed by atoms with E-state index in [4.69, 9.17) is 0 Å². The first-order chi connectivity index (χ1) is 8.20. The lowest BCUT2D eigenvalue weighted by molar-refractivity contribution is -0.131. The molecule has 1 N–H and O–H groups in total. The number of rotatable bonds is 4. The maximum Gasteiger partial charge on any atom is 0.228 e. The van der Waals surface area contributed by atoms with Crippen LogP contribution in [0.2, 0.25) is 0 Å². The van der Waals surface area contributed by atoms with Gasteiger partial charge < -0.3 is 10.2 Å². The summed E-state index contributed by atoms with van der Waals surface area (Å²) in [6.45, 7) is 1.82. The number of likely N-dealkylation sites (tertiary alicyclic amines) is 1. The quantitative estimate of drug-likeness (QED) is 0.902. The SMILES string of the molecule is CNCC1CCCN1C(=O)Cc1ccc(Br)s1.Cl. The van der Waals surface area contributed by atoms with Crippen molar-refractivity contribution in [3.8, 4) is 0 Å². The standard InChI is InChI=1S/C12H17BrN2OS.ClH/c1-14-8-9-3-2-6-15(9)12(16)7-10-4-5-11(13)17-10;/h4-5,9,14H,2-3,6-8H2,1H3;1H. The molecule has 0 radical (unpaired) electrons. The molecular weight excluding hydrogens is 336 g/mol. The Morgan fingerprint density at radius 2 is 2.39 bits per heavy atom. The summed E-state index contributed by atoms with van der Waals surface area (Å²) in [5.41, 5.74) is 0. The van der Waals surface area contributed by atoms with Crippen molar-refractivity contribution < 1.29 is 4.79 Å². The lowest BCUT2D eigenvalue weighted by Gasteiger charge is -2.24. The third-order valence-electron chi connectivity index (χ3n) is 3.09. The van der Waals surface area contributed by atoms with Crippen molar-refractivity contribution in [3.63, 3.8) is 0 Å². The fraction of sp³-hybridized carbons (Fsp3) is 0.583. The number of likely N-dealkylation sites (N-methyl/N-ethyl adjacent to an activating group) is 1. The molecule has 1 aromatic rings. The molecule has 1 unspecified atom stereocenters. The van der Waals surface area contributed by atoms with Gasteiger partial charge in [-0.25, -0.2) is 0 Å². The van der Waals surface area contributed by atoms with Gasteiger partial charge >= 0.3 is 0 Å². The van der Waals surface area contributed by atoms with Gasteiger partial charge in [-0.15, -0.1) is 23.7 Å². The molecule has 0 saturated carbocycles.